The maximum atomic E-state index is 12.5. The third kappa shape index (κ3) is 2.90. The largest absolute Gasteiger partial charge is 0.474 e. The van der Waals surface area contributed by atoms with Crippen molar-refractivity contribution >= 4 is 21.8 Å². The van der Waals surface area contributed by atoms with E-state index in [-0.39, 0.29) is 6.54 Å². The predicted molar refractivity (Wildman–Crippen MR) is 81.5 cm³/mol. The molecule has 1 aliphatic heterocycles. The topological polar surface area (TPSA) is 59.5 Å². The van der Waals surface area contributed by atoms with Crippen LogP contribution < -0.4 is 9.04 Å². The van der Waals surface area contributed by atoms with Gasteiger partial charge in [0.2, 0.25) is 5.88 Å². The van der Waals surface area contributed by atoms with Crippen LogP contribution in [-0.2, 0) is 10.0 Å². The fourth-order valence-electron chi connectivity index (χ4n) is 2.10. The summed E-state index contributed by atoms with van der Waals surface area (Å²) < 4.78 is 31.6. The number of anilines is 1. The molecular formula is C15H14N2O3S. The minimum atomic E-state index is -3.56. The summed E-state index contributed by atoms with van der Waals surface area (Å²) in [4.78, 5) is 4.05. The minimum absolute atomic E-state index is 0.278. The molecule has 0 aliphatic carbocycles. The lowest BCUT2D eigenvalue weighted by Crippen LogP contribution is -2.36. The number of rotatable bonds is 3. The Morgan fingerprint density at radius 1 is 1.14 bits per heavy atom. The highest BCUT2D eigenvalue weighted by atomic mass is 32.2. The molecule has 0 spiro atoms. The molecule has 2 heterocycles. The van der Waals surface area contributed by atoms with Gasteiger partial charge in [0.1, 0.15) is 12.3 Å². The van der Waals surface area contributed by atoms with Crippen LogP contribution in [0.15, 0.2) is 54.1 Å². The SMILES string of the molecule is O=S(=O)(/C=C\c1ccccc1)N1CCOc2ncccc21. The van der Waals surface area contributed by atoms with Crippen molar-refractivity contribution in [2.75, 3.05) is 17.5 Å². The minimum Gasteiger partial charge on any atom is -0.474 e. The van der Waals surface area contributed by atoms with Gasteiger partial charge in [0.05, 0.1) is 12.0 Å². The summed E-state index contributed by atoms with van der Waals surface area (Å²) in [5.74, 6) is 0.348. The summed E-state index contributed by atoms with van der Waals surface area (Å²) in [6, 6.07) is 12.7. The van der Waals surface area contributed by atoms with Gasteiger partial charge in [-0.25, -0.2) is 13.4 Å². The molecule has 0 radical (unpaired) electrons. The average molecular weight is 302 g/mol. The number of sulfonamides is 1. The van der Waals surface area contributed by atoms with Gasteiger partial charge < -0.3 is 4.74 Å². The van der Waals surface area contributed by atoms with Gasteiger partial charge in [-0.05, 0) is 23.8 Å². The van der Waals surface area contributed by atoms with E-state index >= 15 is 0 Å². The number of ether oxygens (including phenoxy) is 1. The molecule has 1 aromatic heterocycles. The molecule has 0 atom stereocenters. The van der Waals surface area contributed by atoms with Crippen LogP contribution in [0.2, 0.25) is 0 Å². The lowest BCUT2D eigenvalue weighted by molar-refractivity contribution is 0.303. The molecule has 1 aromatic carbocycles. The molecule has 5 nitrogen and oxygen atoms in total. The Kier molecular flexibility index (Phi) is 3.62. The standard InChI is InChI=1S/C15H14N2O3S/c18-21(19,12-8-13-5-2-1-3-6-13)17-10-11-20-15-14(17)7-4-9-16-15/h1-9,12H,10-11H2/b12-8-. The molecular weight excluding hydrogens is 288 g/mol. The molecule has 3 rings (SSSR count). The van der Waals surface area contributed by atoms with Crippen LogP contribution in [0.3, 0.4) is 0 Å². The van der Waals surface area contributed by atoms with E-state index in [0.29, 0.717) is 18.2 Å². The van der Waals surface area contributed by atoms with Gasteiger partial charge in [0, 0.05) is 6.20 Å². The number of hydrogen-bond donors (Lipinski definition) is 0. The predicted octanol–water partition coefficient (Wildman–Crippen LogP) is 2.28. The molecule has 6 heteroatoms. The van der Waals surface area contributed by atoms with E-state index in [1.54, 1.807) is 24.4 Å². The third-order valence-corrected chi connectivity index (χ3v) is 4.57. The van der Waals surface area contributed by atoms with Gasteiger partial charge in [-0.2, -0.15) is 0 Å². The van der Waals surface area contributed by atoms with E-state index in [1.165, 1.54) is 9.71 Å². The first-order valence-electron chi connectivity index (χ1n) is 6.50. The molecule has 0 fully saturated rings. The van der Waals surface area contributed by atoms with Gasteiger partial charge in [0.15, 0.2) is 0 Å². The van der Waals surface area contributed by atoms with E-state index in [4.69, 9.17) is 4.74 Å². The van der Waals surface area contributed by atoms with Gasteiger partial charge in [-0.3, -0.25) is 4.31 Å². The van der Waals surface area contributed by atoms with Crippen LogP contribution >= 0.6 is 0 Å². The summed E-state index contributed by atoms with van der Waals surface area (Å²) in [6.07, 6.45) is 3.16. The van der Waals surface area contributed by atoms with Crippen molar-refractivity contribution in [3.05, 3.63) is 59.6 Å². The molecule has 1 aliphatic rings. The molecule has 0 N–H and O–H groups in total. The van der Waals surface area contributed by atoms with Crippen molar-refractivity contribution in [1.29, 1.82) is 0 Å². The van der Waals surface area contributed by atoms with E-state index < -0.39 is 10.0 Å². The van der Waals surface area contributed by atoms with Crippen molar-refractivity contribution in [3.8, 4) is 5.88 Å². The zero-order chi connectivity index (χ0) is 14.7. The highest BCUT2D eigenvalue weighted by Gasteiger charge is 2.27. The van der Waals surface area contributed by atoms with Crippen molar-refractivity contribution in [2.24, 2.45) is 0 Å². The number of aromatic nitrogens is 1. The number of nitrogens with zero attached hydrogens (tertiary/aromatic N) is 2. The average Bonchev–Trinajstić information content (AvgIpc) is 2.53. The fraction of sp³-hybridized carbons (Fsp3) is 0.133. The van der Waals surface area contributed by atoms with Crippen molar-refractivity contribution in [2.45, 2.75) is 0 Å². The zero-order valence-corrected chi connectivity index (χ0v) is 12.0. The first-order valence-corrected chi connectivity index (χ1v) is 8.01. The van der Waals surface area contributed by atoms with Crippen LogP contribution in [0.5, 0.6) is 5.88 Å². The van der Waals surface area contributed by atoms with Gasteiger partial charge in [-0.1, -0.05) is 30.3 Å². The van der Waals surface area contributed by atoms with Crippen LogP contribution in [0.1, 0.15) is 5.56 Å². The molecule has 0 saturated carbocycles. The normalized spacial score (nSPS) is 14.8. The lowest BCUT2D eigenvalue weighted by Gasteiger charge is -2.28. The van der Waals surface area contributed by atoms with E-state index in [9.17, 15) is 8.42 Å². The maximum absolute atomic E-state index is 12.5. The fourth-order valence-corrected chi connectivity index (χ4v) is 3.31. The van der Waals surface area contributed by atoms with Crippen molar-refractivity contribution in [1.82, 2.24) is 4.98 Å². The Morgan fingerprint density at radius 2 is 1.95 bits per heavy atom. The summed E-state index contributed by atoms with van der Waals surface area (Å²) in [5, 5.41) is 1.21. The van der Waals surface area contributed by atoms with Crippen LogP contribution in [0, 0.1) is 0 Å². The molecule has 2 aromatic rings. The second-order valence-corrected chi connectivity index (χ2v) is 6.25. The Hall–Kier alpha value is -2.34. The Balaban J connectivity index is 1.91. The number of hydrogen-bond acceptors (Lipinski definition) is 4. The second kappa shape index (κ2) is 5.57. The molecule has 0 bridgehead atoms. The van der Waals surface area contributed by atoms with Crippen LogP contribution in [0.25, 0.3) is 6.08 Å². The molecule has 0 unspecified atom stereocenters. The van der Waals surface area contributed by atoms with Crippen LogP contribution in [-0.4, -0.2) is 26.6 Å². The summed E-state index contributed by atoms with van der Waals surface area (Å²) in [5.41, 5.74) is 1.31. The van der Waals surface area contributed by atoms with Gasteiger partial charge >= 0.3 is 0 Å². The third-order valence-electron chi connectivity index (χ3n) is 3.09. The number of benzene rings is 1. The van der Waals surface area contributed by atoms with Crippen molar-refractivity contribution < 1.29 is 13.2 Å². The number of fused-ring (bicyclic) bond motifs is 1. The Bertz CT molecular complexity index is 757. The highest BCUT2D eigenvalue weighted by Crippen LogP contribution is 2.31. The Morgan fingerprint density at radius 3 is 2.76 bits per heavy atom. The first kappa shape index (κ1) is 13.6. The lowest BCUT2D eigenvalue weighted by atomic mass is 10.2. The van der Waals surface area contributed by atoms with E-state index in [2.05, 4.69) is 4.98 Å². The van der Waals surface area contributed by atoms with Crippen molar-refractivity contribution in [3.63, 3.8) is 0 Å². The maximum Gasteiger partial charge on any atom is 0.257 e. The summed E-state index contributed by atoms with van der Waals surface area (Å²) >= 11 is 0. The monoisotopic (exact) mass is 302 g/mol. The zero-order valence-electron chi connectivity index (χ0n) is 11.2. The molecule has 108 valence electrons. The molecule has 21 heavy (non-hydrogen) atoms. The van der Waals surface area contributed by atoms with E-state index in [1.807, 2.05) is 30.3 Å². The number of pyridine rings is 1. The van der Waals surface area contributed by atoms with E-state index in [0.717, 1.165) is 5.56 Å². The molecule has 0 amide bonds. The first-order chi connectivity index (χ1) is 10.2. The molecule has 0 saturated heterocycles. The van der Waals surface area contributed by atoms with Crippen LogP contribution in [0.4, 0.5) is 5.69 Å². The quantitative estimate of drug-likeness (QED) is 0.873. The van der Waals surface area contributed by atoms with Gasteiger partial charge in [0.25, 0.3) is 10.0 Å². The second-order valence-electron chi connectivity index (χ2n) is 4.51. The Labute approximate surface area is 123 Å². The smallest absolute Gasteiger partial charge is 0.257 e. The van der Waals surface area contributed by atoms with Gasteiger partial charge in [-0.15, -0.1) is 0 Å². The summed E-state index contributed by atoms with van der Waals surface area (Å²) in [7, 11) is -3.56. The highest BCUT2D eigenvalue weighted by molar-refractivity contribution is 7.95. The summed E-state index contributed by atoms with van der Waals surface area (Å²) in [6.45, 7) is 0.572.